The lowest BCUT2D eigenvalue weighted by Gasteiger charge is -2.34. The van der Waals surface area contributed by atoms with E-state index in [0.29, 0.717) is 41.8 Å². The molecule has 3 aromatic rings. The highest BCUT2D eigenvalue weighted by molar-refractivity contribution is 7.92. The van der Waals surface area contributed by atoms with Crippen LogP contribution >= 0.6 is 11.6 Å². The van der Waals surface area contributed by atoms with Gasteiger partial charge in [-0.15, -0.1) is 0 Å². The number of hydrogen-bond donors (Lipinski definition) is 1. The lowest BCUT2D eigenvalue weighted by Crippen LogP contribution is -2.53. The molecule has 42 heavy (non-hydrogen) atoms. The molecule has 0 radical (unpaired) electrons. The van der Waals surface area contributed by atoms with Crippen molar-refractivity contribution in [3.63, 3.8) is 0 Å². The van der Waals surface area contributed by atoms with Crippen LogP contribution in [0.1, 0.15) is 25.0 Å². The summed E-state index contributed by atoms with van der Waals surface area (Å²) in [6.45, 7) is 4.63. The van der Waals surface area contributed by atoms with E-state index in [2.05, 4.69) is 5.32 Å². The van der Waals surface area contributed by atoms with Crippen LogP contribution < -0.4 is 19.1 Å². The highest BCUT2D eigenvalue weighted by atomic mass is 35.5. The van der Waals surface area contributed by atoms with E-state index in [1.807, 2.05) is 50.2 Å². The molecule has 0 bridgehead atoms. The van der Waals surface area contributed by atoms with Crippen molar-refractivity contribution in [1.82, 2.24) is 10.2 Å². The highest BCUT2D eigenvalue weighted by Gasteiger charge is 2.33. The van der Waals surface area contributed by atoms with Crippen molar-refractivity contribution in [2.24, 2.45) is 5.92 Å². The number of halogens is 1. The topological polar surface area (TPSA) is 105 Å². The van der Waals surface area contributed by atoms with Gasteiger partial charge in [-0.05, 0) is 41.3 Å². The van der Waals surface area contributed by atoms with E-state index in [1.165, 1.54) is 4.90 Å². The average Bonchev–Trinajstić information content (AvgIpc) is 2.96. The number of anilines is 1. The van der Waals surface area contributed by atoms with E-state index < -0.39 is 28.5 Å². The van der Waals surface area contributed by atoms with Crippen molar-refractivity contribution in [1.29, 1.82) is 0 Å². The van der Waals surface area contributed by atoms with E-state index in [0.717, 1.165) is 16.1 Å². The van der Waals surface area contributed by atoms with Gasteiger partial charge in [0.2, 0.25) is 21.8 Å². The third kappa shape index (κ3) is 8.39. The standard InChI is InChI=1S/C31H36ClN3O6S/c1-22(2)19-33-31(37)27(17-23-8-5-4-6-9-23)34(20-24-10-7-11-25(32)16-24)30(36)21-35(42(3,38)39)26-12-13-28-29(18-26)41-15-14-40-28/h4-13,16,18,22,27H,14-15,17,19-21H2,1-3H3,(H,33,37). The number of carbonyl (C=O) groups excluding carboxylic acids is 2. The van der Waals surface area contributed by atoms with Crippen LogP contribution in [0.25, 0.3) is 0 Å². The number of nitrogens with one attached hydrogen (secondary N) is 1. The number of sulfonamides is 1. The number of carbonyl (C=O) groups is 2. The van der Waals surface area contributed by atoms with Crippen LogP contribution in [0, 0.1) is 5.92 Å². The molecular formula is C31H36ClN3O6S. The molecule has 0 spiro atoms. The van der Waals surface area contributed by atoms with Crippen molar-refractivity contribution in [2.75, 3.05) is 36.9 Å². The van der Waals surface area contributed by atoms with Crippen LogP contribution in [0.5, 0.6) is 11.5 Å². The molecule has 1 aliphatic rings. The molecule has 1 unspecified atom stereocenters. The Morgan fingerprint density at radius 2 is 1.62 bits per heavy atom. The van der Waals surface area contributed by atoms with Crippen LogP contribution in [0.4, 0.5) is 5.69 Å². The molecule has 3 aromatic carbocycles. The maximum Gasteiger partial charge on any atom is 0.244 e. The van der Waals surface area contributed by atoms with E-state index in [1.54, 1.807) is 36.4 Å². The number of rotatable bonds is 12. The fraction of sp³-hybridized carbons (Fsp3) is 0.355. The molecule has 0 aromatic heterocycles. The molecule has 0 aliphatic carbocycles. The molecule has 1 aliphatic heterocycles. The second-order valence-corrected chi connectivity index (χ2v) is 12.9. The summed E-state index contributed by atoms with van der Waals surface area (Å²) < 4.78 is 38.3. The Hall–Kier alpha value is -3.76. The smallest absolute Gasteiger partial charge is 0.244 e. The van der Waals surface area contributed by atoms with Crippen molar-refractivity contribution in [3.8, 4) is 11.5 Å². The van der Waals surface area contributed by atoms with Crippen molar-refractivity contribution < 1.29 is 27.5 Å². The second kappa shape index (κ2) is 13.9. The summed E-state index contributed by atoms with van der Waals surface area (Å²) in [6, 6.07) is 20.2. The quantitative estimate of drug-likeness (QED) is 0.327. The molecular weight excluding hydrogens is 578 g/mol. The molecule has 9 nitrogen and oxygen atoms in total. The number of hydrogen-bond acceptors (Lipinski definition) is 6. The molecule has 1 heterocycles. The van der Waals surface area contributed by atoms with Gasteiger partial charge in [0.15, 0.2) is 11.5 Å². The summed E-state index contributed by atoms with van der Waals surface area (Å²) >= 11 is 6.25. The largest absolute Gasteiger partial charge is 0.486 e. The molecule has 1 N–H and O–H groups in total. The van der Waals surface area contributed by atoms with Crippen LogP contribution in [0.15, 0.2) is 72.8 Å². The van der Waals surface area contributed by atoms with Crippen LogP contribution in [0.3, 0.4) is 0 Å². The molecule has 0 saturated heterocycles. The normalized spacial score (nSPS) is 13.4. The molecule has 1 atom stereocenters. The van der Waals surface area contributed by atoms with E-state index in [-0.39, 0.29) is 30.5 Å². The van der Waals surface area contributed by atoms with E-state index in [9.17, 15) is 18.0 Å². The third-order valence-electron chi connectivity index (χ3n) is 6.69. The maximum absolute atomic E-state index is 14.2. The SMILES string of the molecule is CC(C)CNC(=O)C(Cc1ccccc1)N(Cc1cccc(Cl)c1)C(=O)CN(c1ccc2c(c1)OCCO2)S(C)(=O)=O. The van der Waals surface area contributed by atoms with E-state index in [4.69, 9.17) is 21.1 Å². The Morgan fingerprint density at radius 3 is 2.29 bits per heavy atom. The van der Waals surface area contributed by atoms with Gasteiger partial charge in [-0.3, -0.25) is 13.9 Å². The fourth-order valence-electron chi connectivity index (χ4n) is 4.61. The number of amides is 2. The lowest BCUT2D eigenvalue weighted by atomic mass is 10.0. The fourth-order valence-corrected chi connectivity index (χ4v) is 5.66. The Labute approximate surface area is 252 Å². The molecule has 0 fully saturated rings. The van der Waals surface area contributed by atoms with Gasteiger partial charge in [-0.1, -0.05) is 67.9 Å². The van der Waals surface area contributed by atoms with Crippen LogP contribution in [-0.4, -0.2) is 63.7 Å². The average molecular weight is 614 g/mol. The Kier molecular flexibility index (Phi) is 10.3. The summed E-state index contributed by atoms with van der Waals surface area (Å²) in [4.78, 5) is 29.3. The Bertz CT molecular complexity index is 1500. The van der Waals surface area contributed by atoms with Crippen molar-refractivity contribution in [3.05, 3.63) is 88.9 Å². The second-order valence-electron chi connectivity index (χ2n) is 10.6. The zero-order chi connectivity index (χ0) is 30.3. The van der Waals surface area contributed by atoms with Gasteiger partial charge >= 0.3 is 0 Å². The first-order valence-electron chi connectivity index (χ1n) is 13.7. The minimum absolute atomic E-state index is 0.0464. The van der Waals surface area contributed by atoms with E-state index >= 15 is 0 Å². The van der Waals surface area contributed by atoms with Gasteiger partial charge in [0.1, 0.15) is 25.8 Å². The lowest BCUT2D eigenvalue weighted by molar-refractivity contribution is -0.140. The van der Waals surface area contributed by atoms with Crippen LogP contribution in [0.2, 0.25) is 5.02 Å². The minimum atomic E-state index is -3.91. The number of nitrogens with zero attached hydrogens (tertiary/aromatic N) is 2. The number of fused-ring (bicyclic) bond motifs is 1. The summed E-state index contributed by atoms with van der Waals surface area (Å²) in [6.07, 6.45) is 1.27. The molecule has 11 heteroatoms. The van der Waals surface area contributed by atoms with Gasteiger partial charge in [0.05, 0.1) is 11.9 Å². The molecule has 4 rings (SSSR count). The van der Waals surface area contributed by atoms with Gasteiger partial charge < -0.3 is 19.7 Å². The summed E-state index contributed by atoms with van der Waals surface area (Å²) in [7, 11) is -3.91. The highest BCUT2D eigenvalue weighted by Crippen LogP contribution is 2.35. The zero-order valence-electron chi connectivity index (χ0n) is 24.0. The number of ether oxygens (including phenoxy) is 2. The van der Waals surface area contributed by atoms with Gasteiger partial charge in [-0.2, -0.15) is 0 Å². The van der Waals surface area contributed by atoms with Crippen LogP contribution in [-0.2, 0) is 32.6 Å². The third-order valence-corrected chi connectivity index (χ3v) is 8.07. The predicted molar refractivity (Wildman–Crippen MR) is 163 cm³/mol. The summed E-state index contributed by atoms with van der Waals surface area (Å²) in [5, 5.41) is 3.45. The summed E-state index contributed by atoms with van der Waals surface area (Å²) in [5.74, 6) is 0.214. The minimum Gasteiger partial charge on any atom is -0.486 e. The Morgan fingerprint density at radius 1 is 0.929 bits per heavy atom. The Balaban J connectivity index is 1.72. The zero-order valence-corrected chi connectivity index (χ0v) is 25.5. The molecule has 0 saturated carbocycles. The van der Waals surface area contributed by atoms with Gasteiger partial charge in [0, 0.05) is 30.6 Å². The molecule has 224 valence electrons. The monoisotopic (exact) mass is 613 g/mol. The van der Waals surface area contributed by atoms with Gasteiger partial charge in [0.25, 0.3) is 0 Å². The maximum atomic E-state index is 14.2. The first-order chi connectivity index (χ1) is 20.0. The van der Waals surface area contributed by atoms with Crippen molar-refractivity contribution >= 4 is 39.1 Å². The van der Waals surface area contributed by atoms with Crippen molar-refractivity contribution in [2.45, 2.75) is 32.9 Å². The predicted octanol–water partition coefficient (Wildman–Crippen LogP) is 4.29. The summed E-state index contributed by atoms with van der Waals surface area (Å²) in [5.41, 5.74) is 1.82. The molecule has 2 amide bonds. The first kappa shape index (κ1) is 31.2. The van der Waals surface area contributed by atoms with Gasteiger partial charge in [-0.25, -0.2) is 8.42 Å². The first-order valence-corrected chi connectivity index (χ1v) is 16.0. The number of benzene rings is 3.